The summed E-state index contributed by atoms with van der Waals surface area (Å²) in [4.78, 5) is 17.2. The van der Waals surface area contributed by atoms with Gasteiger partial charge in [0.15, 0.2) is 11.5 Å². The third-order valence-electron chi connectivity index (χ3n) is 5.39. The third-order valence-corrected chi connectivity index (χ3v) is 5.39. The molecule has 0 aliphatic carbocycles. The van der Waals surface area contributed by atoms with Crippen LogP contribution in [0.3, 0.4) is 0 Å². The van der Waals surface area contributed by atoms with Crippen LogP contribution < -0.4 is 25.3 Å². The van der Waals surface area contributed by atoms with E-state index in [9.17, 15) is 4.79 Å². The number of benzene rings is 2. The molecule has 0 fully saturated rings. The van der Waals surface area contributed by atoms with E-state index >= 15 is 0 Å². The highest BCUT2D eigenvalue weighted by Gasteiger charge is 2.23. The van der Waals surface area contributed by atoms with Gasteiger partial charge in [0, 0.05) is 18.4 Å². The fraction of sp³-hybridized carbons (Fsp3) is 0.400. The Hall–Kier alpha value is -3.59. The standard InChI is InChI=1S/C25H32N4O5/c1-31-20-15-18(16-21(32-2)23(20)33-3)24-28-25(34-29-24)19(14-17-10-6-4-7-11-17)27-22(30)12-8-5-9-13-26/h4,6-7,10-11,15-16,19H,5,8-9,12-14,26H2,1-3H3,(H,27,30). The van der Waals surface area contributed by atoms with Crippen LogP contribution in [0, 0.1) is 0 Å². The second kappa shape index (κ2) is 12.6. The Morgan fingerprint density at radius 2 is 1.74 bits per heavy atom. The quantitative estimate of drug-likeness (QED) is 0.364. The van der Waals surface area contributed by atoms with Crippen molar-refractivity contribution in [1.82, 2.24) is 15.5 Å². The normalized spacial score (nSPS) is 11.6. The number of amides is 1. The van der Waals surface area contributed by atoms with Gasteiger partial charge in [0.1, 0.15) is 6.04 Å². The summed E-state index contributed by atoms with van der Waals surface area (Å²) in [5, 5.41) is 7.20. The van der Waals surface area contributed by atoms with Gasteiger partial charge < -0.3 is 29.8 Å². The largest absolute Gasteiger partial charge is 0.493 e. The van der Waals surface area contributed by atoms with Gasteiger partial charge in [-0.05, 0) is 37.1 Å². The van der Waals surface area contributed by atoms with E-state index in [4.69, 9.17) is 24.5 Å². The number of unbranched alkanes of at least 4 members (excludes halogenated alkanes) is 2. The van der Waals surface area contributed by atoms with E-state index in [1.807, 2.05) is 30.3 Å². The lowest BCUT2D eigenvalue weighted by Gasteiger charge is -2.15. The maximum Gasteiger partial charge on any atom is 0.249 e. The van der Waals surface area contributed by atoms with E-state index in [1.54, 1.807) is 33.5 Å². The second-order valence-electron chi connectivity index (χ2n) is 7.78. The van der Waals surface area contributed by atoms with Crippen LogP contribution in [0.25, 0.3) is 11.4 Å². The number of rotatable bonds is 13. The van der Waals surface area contributed by atoms with Crippen molar-refractivity contribution in [2.45, 2.75) is 38.1 Å². The zero-order chi connectivity index (χ0) is 24.3. The molecule has 1 atom stereocenters. The molecule has 0 spiro atoms. The molecular formula is C25H32N4O5. The van der Waals surface area contributed by atoms with E-state index in [2.05, 4.69) is 15.5 Å². The lowest BCUT2D eigenvalue weighted by atomic mass is 10.1. The SMILES string of the molecule is COc1cc(-c2noc(C(Cc3ccccc3)NC(=O)CCCCCN)n2)cc(OC)c1OC. The molecule has 3 N–H and O–H groups in total. The van der Waals surface area contributed by atoms with Gasteiger partial charge in [0.25, 0.3) is 0 Å². The van der Waals surface area contributed by atoms with Gasteiger partial charge in [0.05, 0.1) is 21.3 Å². The van der Waals surface area contributed by atoms with Crippen LogP contribution in [-0.2, 0) is 11.2 Å². The average molecular weight is 469 g/mol. The first-order chi connectivity index (χ1) is 16.6. The van der Waals surface area contributed by atoms with Gasteiger partial charge in [-0.1, -0.05) is 41.9 Å². The molecule has 1 aromatic heterocycles. The average Bonchev–Trinajstić information content (AvgIpc) is 3.36. The van der Waals surface area contributed by atoms with E-state index in [0.717, 1.165) is 24.8 Å². The number of nitrogens with two attached hydrogens (primary N) is 1. The van der Waals surface area contributed by atoms with Gasteiger partial charge >= 0.3 is 0 Å². The Balaban J connectivity index is 1.85. The van der Waals surface area contributed by atoms with Gasteiger partial charge in [-0.15, -0.1) is 0 Å². The number of carbonyl (C=O) groups excluding carboxylic acids is 1. The van der Waals surface area contributed by atoms with Crippen molar-refractivity contribution in [3.05, 3.63) is 53.9 Å². The Kier molecular flexibility index (Phi) is 9.28. The van der Waals surface area contributed by atoms with Crippen LogP contribution >= 0.6 is 0 Å². The third kappa shape index (κ3) is 6.48. The van der Waals surface area contributed by atoms with Crippen molar-refractivity contribution in [3.8, 4) is 28.6 Å². The predicted octanol–water partition coefficient (Wildman–Crippen LogP) is 3.68. The highest BCUT2D eigenvalue weighted by molar-refractivity contribution is 5.76. The molecular weight excluding hydrogens is 436 g/mol. The number of nitrogens with one attached hydrogen (secondary N) is 1. The van der Waals surface area contributed by atoms with Crippen molar-refractivity contribution < 1.29 is 23.5 Å². The first-order valence-corrected chi connectivity index (χ1v) is 11.3. The molecule has 3 aromatic rings. The van der Waals surface area contributed by atoms with Crippen LogP contribution in [0.4, 0.5) is 0 Å². The van der Waals surface area contributed by atoms with Gasteiger partial charge in [-0.25, -0.2) is 0 Å². The topological polar surface area (TPSA) is 122 Å². The Labute approximate surface area is 199 Å². The molecule has 0 saturated carbocycles. The summed E-state index contributed by atoms with van der Waals surface area (Å²) in [6.07, 6.45) is 3.54. The molecule has 182 valence electrons. The van der Waals surface area contributed by atoms with E-state index in [1.165, 1.54) is 0 Å². The minimum Gasteiger partial charge on any atom is -0.493 e. The highest BCUT2D eigenvalue weighted by Crippen LogP contribution is 2.40. The van der Waals surface area contributed by atoms with Gasteiger partial charge in [-0.2, -0.15) is 4.98 Å². The second-order valence-corrected chi connectivity index (χ2v) is 7.78. The molecule has 2 aromatic carbocycles. The zero-order valence-corrected chi connectivity index (χ0v) is 19.9. The lowest BCUT2D eigenvalue weighted by molar-refractivity contribution is -0.122. The summed E-state index contributed by atoms with van der Waals surface area (Å²) in [6, 6.07) is 12.9. The number of ether oxygens (including phenoxy) is 3. The minimum absolute atomic E-state index is 0.0644. The van der Waals surface area contributed by atoms with Crippen LogP contribution in [0.2, 0.25) is 0 Å². The number of aromatic nitrogens is 2. The fourth-order valence-corrected chi connectivity index (χ4v) is 3.63. The highest BCUT2D eigenvalue weighted by atomic mass is 16.5. The molecule has 9 heteroatoms. The maximum atomic E-state index is 12.6. The lowest BCUT2D eigenvalue weighted by Crippen LogP contribution is -2.30. The van der Waals surface area contributed by atoms with Crippen molar-refractivity contribution in [3.63, 3.8) is 0 Å². The minimum atomic E-state index is -0.465. The van der Waals surface area contributed by atoms with Crippen LogP contribution in [0.15, 0.2) is 47.0 Å². The molecule has 0 aliphatic heterocycles. The van der Waals surface area contributed by atoms with Gasteiger partial charge in [0.2, 0.25) is 23.4 Å². The number of hydrogen-bond acceptors (Lipinski definition) is 8. The summed E-state index contributed by atoms with van der Waals surface area (Å²) in [5.74, 6) is 2.05. The molecule has 3 rings (SSSR count). The molecule has 0 aliphatic rings. The summed E-state index contributed by atoms with van der Waals surface area (Å²) in [6.45, 7) is 0.629. The summed E-state index contributed by atoms with van der Waals surface area (Å²) < 4.78 is 21.8. The molecule has 9 nitrogen and oxygen atoms in total. The Morgan fingerprint density at radius 3 is 2.35 bits per heavy atom. The van der Waals surface area contributed by atoms with E-state index in [-0.39, 0.29) is 5.91 Å². The molecule has 0 saturated heterocycles. The van der Waals surface area contributed by atoms with Crippen molar-refractivity contribution in [2.24, 2.45) is 5.73 Å². The Morgan fingerprint density at radius 1 is 1.03 bits per heavy atom. The number of nitrogens with zero attached hydrogens (tertiary/aromatic N) is 2. The number of carbonyl (C=O) groups is 1. The number of hydrogen-bond donors (Lipinski definition) is 2. The summed E-state index contributed by atoms with van der Waals surface area (Å²) >= 11 is 0. The van der Waals surface area contributed by atoms with Crippen molar-refractivity contribution in [1.29, 1.82) is 0 Å². The molecule has 1 amide bonds. The van der Waals surface area contributed by atoms with Gasteiger partial charge in [-0.3, -0.25) is 4.79 Å². The monoisotopic (exact) mass is 468 g/mol. The van der Waals surface area contributed by atoms with Crippen molar-refractivity contribution >= 4 is 5.91 Å². The smallest absolute Gasteiger partial charge is 0.249 e. The summed E-state index contributed by atoms with van der Waals surface area (Å²) in [7, 11) is 4.63. The first-order valence-electron chi connectivity index (χ1n) is 11.3. The van der Waals surface area contributed by atoms with Crippen LogP contribution in [0.1, 0.15) is 43.2 Å². The molecule has 34 heavy (non-hydrogen) atoms. The first kappa shape index (κ1) is 25.0. The maximum absolute atomic E-state index is 12.6. The van der Waals surface area contributed by atoms with Crippen LogP contribution in [0.5, 0.6) is 17.2 Å². The molecule has 1 heterocycles. The molecule has 0 bridgehead atoms. The van der Waals surface area contributed by atoms with Crippen molar-refractivity contribution in [2.75, 3.05) is 27.9 Å². The zero-order valence-electron chi connectivity index (χ0n) is 19.9. The van der Waals surface area contributed by atoms with Crippen LogP contribution in [-0.4, -0.2) is 43.9 Å². The fourth-order valence-electron chi connectivity index (χ4n) is 3.63. The molecule has 0 radical (unpaired) electrons. The predicted molar refractivity (Wildman–Crippen MR) is 128 cm³/mol. The van der Waals surface area contributed by atoms with E-state index in [0.29, 0.717) is 53.9 Å². The number of methoxy groups -OCH3 is 3. The Bertz CT molecular complexity index is 1030. The van der Waals surface area contributed by atoms with E-state index < -0.39 is 6.04 Å². The molecule has 1 unspecified atom stereocenters. The summed E-state index contributed by atoms with van der Waals surface area (Å²) in [5.41, 5.74) is 7.22.